The van der Waals surface area contributed by atoms with Crippen molar-refractivity contribution >= 4 is 49.5 Å². The maximum Gasteiger partial charge on any atom is 0.326 e. The van der Waals surface area contributed by atoms with E-state index in [2.05, 4.69) is 47.5 Å². The predicted molar refractivity (Wildman–Crippen MR) is 114 cm³/mol. The Labute approximate surface area is 178 Å². The first-order chi connectivity index (χ1) is 13.4. The van der Waals surface area contributed by atoms with Crippen LogP contribution in [0.15, 0.2) is 69.7 Å². The molecule has 1 aromatic heterocycles. The molecule has 0 aliphatic rings. The van der Waals surface area contributed by atoms with Crippen LogP contribution in [0.2, 0.25) is 0 Å². The first-order valence-corrected chi connectivity index (χ1v) is 9.78. The molecule has 0 saturated carbocycles. The minimum atomic E-state index is -0.612. The quantitative estimate of drug-likeness (QED) is 0.479. The number of hydrogen-bond donors (Lipinski definition) is 2. The SMILES string of the molecule is Cc1ccccc1C(=O)NC(=O)Nc1ccc(Oc2ncc(Br)cc2Br)cc1. The summed E-state index contributed by atoms with van der Waals surface area (Å²) in [6.07, 6.45) is 1.63. The molecule has 6 nitrogen and oxygen atoms in total. The van der Waals surface area contributed by atoms with Gasteiger partial charge in [-0.25, -0.2) is 9.78 Å². The first-order valence-electron chi connectivity index (χ1n) is 8.19. The Balaban J connectivity index is 1.60. The lowest BCUT2D eigenvalue weighted by Crippen LogP contribution is -2.34. The lowest BCUT2D eigenvalue weighted by molar-refractivity contribution is 0.0966. The zero-order valence-electron chi connectivity index (χ0n) is 14.7. The van der Waals surface area contributed by atoms with Crippen LogP contribution < -0.4 is 15.4 Å². The van der Waals surface area contributed by atoms with Crippen LogP contribution in [-0.4, -0.2) is 16.9 Å². The number of nitrogens with zero attached hydrogens (tertiary/aromatic N) is 1. The summed E-state index contributed by atoms with van der Waals surface area (Å²) in [4.78, 5) is 28.4. The van der Waals surface area contributed by atoms with Gasteiger partial charge in [0.2, 0.25) is 5.88 Å². The van der Waals surface area contributed by atoms with E-state index in [0.717, 1.165) is 10.0 Å². The number of anilines is 1. The Morgan fingerprint density at radius 3 is 2.43 bits per heavy atom. The van der Waals surface area contributed by atoms with Crippen molar-refractivity contribution in [2.45, 2.75) is 6.92 Å². The Morgan fingerprint density at radius 1 is 1.04 bits per heavy atom. The van der Waals surface area contributed by atoms with Gasteiger partial charge in [-0.15, -0.1) is 0 Å². The number of carbonyl (C=O) groups excluding carboxylic acids is 2. The minimum absolute atomic E-state index is 0.422. The van der Waals surface area contributed by atoms with Gasteiger partial charge in [0.05, 0.1) is 4.47 Å². The molecule has 3 amide bonds. The molecule has 142 valence electrons. The van der Waals surface area contributed by atoms with Crippen molar-refractivity contribution < 1.29 is 14.3 Å². The summed E-state index contributed by atoms with van der Waals surface area (Å²) >= 11 is 6.72. The summed E-state index contributed by atoms with van der Waals surface area (Å²) in [7, 11) is 0. The average molecular weight is 505 g/mol. The van der Waals surface area contributed by atoms with E-state index in [0.29, 0.717) is 27.4 Å². The largest absolute Gasteiger partial charge is 0.438 e. The number of pyridine rings is 1. The molecule has 0 fully saturated rings. The predicted octanol–water partition coefficient (Wildman–Crippen LogP) is 5.67. The molecule has 3 aromatic rings. The van der Waals surface area contributed by atoms with E-state index in [1.165, 1.54) is 0 Å². The zero-order chi connectivity index (χ0) is 20.1. The number of rotatable bonds is 4. The van der Waals surface area contributed by atoms with Gasteiger partial charge in [0.1, 0.15) is 5.75 Å². The number of benzene rings is 2. The van der Waals surface area contributed by atoms with Crippen molar-refractivity contribution in [1.82, 2.24) is 10.3 Å². The Kier molecular flexibility index (Phi) is 6.43. The third-order valence-corrected chi connectivity index (χ3v) is 4.72. The topological polar surface area (TPSA) is 80.3 Å². The summed E-state index contributed by atoms with van der Waals surface area (Å²) < 4.78 is 7.24. The normalized spacial score (nSPS) is 10.2. The third-order valence-electron chi connectivity index (χ3n) is 3.72. The monoisotopic (exact) mass is 503 g/mol. The van der Waals surface area contributed by atoms with E-state index < -0.39 is 11.9 Å². The average Bonchev–Trinajstić information content (AvgIpc) is 2.65. The van der Waals surface area contributed by atoms with Gasteiger partial charge in [0.25, 0.3) is 5.91 Å². The molecule has 1 heterocycles. The Hall–Kier alpha value is -2.71. The molecular weight excluding hydrogens is 490 g/mol. The summed E-state index contributed by atoms with van der Waals surface area (Å²) in [5, 5.41) is 4.93. The van der Waals surface area contributed by atoms with E-state index in [1.54, 1.807) is 42.6 Å². The van der Waals surface area contributed by atoms with Crippen molar-refractivity contribution in [3.63, 3.8) is 0 Å². The number of halogens is 2. The fraction of sp³-hybridized carbons (Fsp3) is 0.0500. The van der Waals surface area contributed by atoms with Gasteiger partial charge in [-0.05, 0) is 80.7 Å². The van der Waals surface area contributed by atoms with Crippen LogP contribution >= 0.6 is 31.9 Å². The molecule has 0 bridgehead atoms. The number of amides is 3. The van der Waals surface area contributed by atoms with Crippen LogP contribution in [0.4, 0.5) is 10.5 Å². The van der Waals surface area contributed by atoms with Gasteiger partial charge >= 0.3 is 6.03 Å². The highest BCUT2D eigenvalue weighted by Crippen LogP contribution is 2.30. The molecule has 8 heteroatoms. The number of carbonyl (C=O) groups is 2. The molecule has 0 saturated heterocycles. The molecule has 28 heavy (non-hydrogen) atoms. The number of ether oxygens (including phenoxy) is 1. The highest BCUT2D eigenvalue weighted by Gasteiger charge is 2.12. The molecule has 0 atom stereocenters. The second kappa shape index (κ2) is 8.99. The number of aromatic nitrogens is 1. The molecule has 0 unspecified atom stereocenters. The lowest BCUT2D eigenvalue weighted by atomic mass is 10.1. The smallest absolute Gasteiger partial charge is 0.326 e. The van der Waals surface area contributed by atoms with E-state index in [1.807, 2.05) is 25.1 Å². The molecule has 2 N–H and O–H groups in total. The molecule has 0 aliphatic carbocycles. The fourth-order valence-corrected chi connectivity index (χ4v) is 3.42. The van der Waals surface area contributed by atoms with Crippen molar-refractivity contribution in [2.75, 3.05) is 5.32 Å². The molecule has 2 aromatic carbocycles. The number of nitrogens with one attached hydrogen (secondary N) is 2. The van der Waals surface area contributed by atoms with E-state index in [-0.39, 0.29) is 0 Å². The van der Waals surface area contributed by atoms with E-state index >= 15 is 0 Å². The van der Waals surface area contributed by atoms with Crippen LogP contribution in [0.25, 0.3) is 0 Å². The molecule has 0 radical (unpaired) electrons. The highest BCUT2D eigenvalue weighted by molar-refractivity contribution is 9.11. The van der Waals surface area contributed by atoms with Crippen molar-refractivity contribution in [3.8, 4) is 11.6 Å². The van der Waals surface area contributed by atoms with Crippen molar-refractivity contribution in [3.05, 3.63) is 80.9 Å². The van der Waals surface area contributed by atoms with Gasteiger partial charge in [-0.3, -0.25) is 10.1 Å². The molecule has 0 aliphatic heterocycles. The van der Waals surface area contributed by atoms with Crippen LogP contribution in [0, 0.1) is 6.92 Å². The summed E-state index contributed by atoms with van der Waals surface area (Å²) in [6.45, 7) is 1.81. The van der Waals surface area contributed by atoms with Gasteiger partial charge in [-0.1, -0.05) is 18.2 Å². The maximum absolute atomic E-state index is 12.2. The third kappa shape index (κ3) is 5.17. The van der Waals surface area contributed by atoms with Gasteiger partial charge in [0, 0.05) is 21.9 Å². The standard InChI is InChI=1S/C20H15Br2N3O3/c1-12-4-2-3-5-16(12)18(26)25-20(27)24-14-6-8-15(9-7-14)28-19-17(22)10-13(21)11-23-19/h2-11H,1H3,(H2,24,25,26,27). The number of aryl methyl sites for hydroxylation is 1. The number of hydrogen-bond acceptors (Lipinski definition) is 4. The van der Waals surface area contributed by atoms with Gasteiger partial charge in [-0.2, -0.15) is 0 Å². The minimum Gasteiger partial charge on any atom is -0.438 e. The lowest BCUT2D eigenvalue weighted by Gasteiger charge is -2.10. The zero-order valence-corrected chi connectivity index (χ0v) is 17.9. The van der Waals surface area contributed by atoms with Crippen LogP contribution in [-0.2, 0) is 0 Å². The highest BCUT2D eigenvalue weighted by atomic mass is 79.9. The van der Waals surface area contributed by atoms with E-state index in [4.69, 9.17) is 4.74 Å². The summed E-state index contributed by atoms with van der Waals surface area (Å²) in [5.41, 5.74) is 1.77. The summed E-state index contributed by atoms with van der Waals surface area (Å²) in [5.74, 6) is 0.518. The van der Waals surface area contributed by atoms with E-state index in [9.17, 15) is 9.59 Å². The van der Waals surface area contributed by atoms with Crippen LogP contribution in [0.1, 0.15) is 15.9 Å². The van der Waals surface area contributed by atoms with Crippen LogP contribution in [0.5, 0.6) is 11.6 Å². The molecule has 0 spiro atoms. The van der Waals surface area contributed by atoms with Crippen molar-refractivity contribution in [1.29, 1.82) is 0 Å². The molecular formula is C20H15Br2N3O3. The second-order valence-corrected chi connectivity index (χ2v) is 7.56. The molecule has 3 rings (SSSR count). The van der Waals surface area contributed by atoms with Crippen molar-refractivity contribution in [2.24, 2.45) is 0 Å². The number of urea groups is 1. The van der Waals surface area contributed by atoms with Gasteiger partial charge < -0.3 is 10.1 Å². The van der Waals surface area contributed by atoms with Crippen LogP contribution in [0.3, 0.4) is 0 Å². The number of imide groups is 1. The van der Waals surface area contributed by atoms with Gasteiger partial charge in [0.15, 0.2) is 0 Å². The Morgan fingerprint density at radius 2 is 1.75 bits per heavy atom. The second-order valence-electron chi connectivity index (χ2n) is 5.79. The Bertz CT molecular complexity index is 1020. The summed E-state index contributed by atoms with van der Waals surface area (Å²) in [6, 6.07) is 15.0. The first kappa shape index (κ1) is 20.0. The maximum atomic E-state index is 12.2. The fourth-order valence-electron chi connectivity index (χ4n) is 2.36.